The fraction of sp³-hybridized carbons (Fsp3) is 0.250. The number of aliphatic hydroxyl groups is 1. The van der Waals surface area contributed by atoms with Crippen molar-refractivity contribution in [1.29, 1.82) is 0 Å². The standard InChI is InChI=1S/C16H14ClFO2/c1-9-2-5-15-11(6-9)14(19)8-16(20-15)10-3-4-12(17)13(18)7-10/h2-7,14,16,19H,8H2,1H3. The number of fused-ring (bicyclic) bond motifs is 1. The molecule has 20 heavy (non-hydrogen) atoms. The largest absolute Gasteiger partial charge is 0.485 e. The predicted molar refractivity (Wildman–Crippen MR) is 75.5 cm³/mol. The normalized spacial score (nSPS) is 21.2. The number of ether oxygens (including phenoxy) is 1. The number of aliphatic hydroxyl groups excluding tert-OH is 1. The van der Waals surface area contributed by atoms with Gasteiger partial charge in [0, 0.05) is 12.0 Å². The van der Waals surface area contributed by atoms with Gasteiger partial charge in [0.05, 0.1) is 11.1 Å². The summed E-state index contributed by atoms with van der Waals surface area (Å²) in [6.45, 7) is 1.97. The minimum atomic E-state index is -0.609. The van der Waals surface area contributed by atoms with Gasteiger partial charge in [0.1, 0.15) is 17.7 Å². The van der Waals surface area contributed by atoms with Crippen LogP contribution in [0.2, 0.25) is 5.02 Å². The third-order valence-electron chi connectivity index (χ3n) is 3.55. The Bertz CT molecular complexity index is 657. The molecule has 0 fully saturated rings. The Morgan fingerprint density at radius 3 is 2.80 bits per heavy atom. The van der Waals surface area contributed by atoms with E-state index in [4.69, 9.17) is 16.3 Å². The van der Waals surface area contributed by atoms with Gasteiger partial charge in [0.15, 0.2) is 0 Å². The van der Waals surface area contributed by atoms with E-state index < -0.39 is 11.9 Å². The summed E-state index contributed by atoms with van der Waals surface area (Å²) in [7, 11) is 0. The lowest BCUT2D eigenvalue weighted by atomic mass is 9.94. The van der Waals surface area contributed by atoms with Gasteiger partial charge in [0.2, 0.25) is 0 Å². The Kier molecular flexibility index (Phi) is 3.40. The highest BCUT2D eigenvalue weighted by Crippen LogP contribution is 2.41. The lowest BCUT2D eigenvalue weighted by Gasteiger charge is -2.30. The van der Waals surface area contributed by atoms with E-state index in [9.17, 15) is 9.50 Å². The van der Waals surface area contributed by atoms with Gasteiger partial charge in [-0.1, -0.05) is 29.3 Å². The Balaban J connectivity index is 1.94. The van der Waals surface area contributed by atoms with Gasteiger partial charge in [-0.25, -0.2) is 4.39 Å². The van der Waals surface area contributed by atoms with Crippen molar-refractivity contribution in [3.05, 3.63) is 63.9 Å². The fourth-order valence-electron chi connectivity index (χ4n) is 2.48. The summed E-state index contributed by atoms with van der Waals surface area (Å²) < 4.78 is 19.4. The molecule has 2 unspecified atom stereocenters. The molecule has 2 aromatic rings. The van der Waals surface area contributed by atoms with Crippen LogP contribution in [0.15, 0.2) is 36.4 Å². The molecule has 0 spiro atoms. The van der Waals surface area contributed by atoms with E-state index in [1.54, 1.807) is 6.07 Å². The molecule has 1 aliphatic heterocycles. The number of rotatable bonds is 1. The second-order valence-corrected chi connectivity index (χ2v) is 5.48. The fourth-order valence-corrected chi connectivity index (χ4v) is 2.60. The predicted octanol–water partition coefficient (Wildman–Crippen LogP) is 4.34. The van der Waals surface area contributed by atoms with Crippen LogP contribution in [-0.4, -0.2) is 5.11 Å². The van der Waals surface area contributed by atoms with Gasteiger partial charge in [-0.05, 0) is 36.8 Å². The second kappa shape index (κ2) is 5.08. The quantitative estimate of drug-likeness (QED) is 0.847. The van der Waals surface area contributed by atoms with Crippen LogP contribution in [0.25, 0.3) is 0 Å². The molecule has 1 aliphatic rings. The molecule has 0 aromatic heterocycles. The maximum Gasteiger partial charge on any atom is 0.142 e. The van der Waals surface area contributed by atoms with E-state index in [2.05, 4.69) is 0 Å². The van der Waals surface area contributed by atoms with Crippen molar-refractivity contribution in [1.82, 2.24) is 0 Å². The molecule has 0 saturated heterocycles. The molecule has 104 valence electrons. The van der Waals surface area contributed by atoms with Crippen molar-refractivity contribution >= 4 is 11.6 Å². The molecule has 0 amide bonds. The monoisotopic (exact) mass is 292 g/mol. The van der Waals surface area contributed by atoms with Gasteiger partial charge in [-0.15, -0.1) is 0 Å². The molecule has 0 radical (unpaired) electrons. The maximum atomic E-state index is 13.5. The Morgan fingerprint density at radius 1 is 1.25 bits per heavy atom. The first kappa shape index (κ1) is 13.4. The molecule has 2 aromatic carbocycles. The summed E-state index contributed by atoms with van der Waals surface area (Å²) in [4.78, 5) is 0. The molecular formula is C16H14ClFO2. The van der Waals surface area contributed by atoms with Gasteiger partial charge in [-0.2, -0.15) is 0 Å². The molecule has 2 atom stereocenters. The van der Waals surface area contributed by atoms with E-state index in [0.29, 0.717) is 17.7 Å². The molecule has 0 aliphatic carbocycles. The van der Waals surface area contributed by atoms with Crippen molar-refractivity contribution in [3.8, 4) is 5.75 Å². The lowest BCUT2D eigenvalue weighted by molar-refractivity contribution is 0.0655. The first-order valence-electron chi connectivity index (χ1n) is 6.45. The molecule has 0 bridgehead atoms. The highest BCUT2D eigenvalue weighted by molar-refractivity contribution is 6.30. The van der Waals surface area contributed by atoms with E-state index in [1.165, 1.54) is 12.1 Å². The van der Waals surface area contributed by atoms with Crippen molar-refractivity contribution in [3.63, 3.8) is 0 Å². The summed E-state index contributed by atoms with van der Waals surface area (Å²) in [6, 6.07) is 10.3. The van der Waals surface area contributed by atoms with Crippen LogP contribution in [0.3, 0.4) is 0 Å². The number of halogens is 2. The zero-order valence-electron chi connectivity index (χ0n) is 10.9. The van der Waals surface area contributed by atoms with E-state index in [0.717, 1.165) is 11.1 Å². The first-order valence-corrected chi connectivity index (χ1v) is 6.82. The highest BCUT2D eigenvalue weighted by atomic mass is 35.5. The van der Waals surface area contributed by atoms with Crippen LogP contribution in [-0.2, 0) is 0 Å². The number of aryl methyl sites for hydroxylation is 1. The lowest BCUT2D eigenvalue weighted by Crippen LogP contribution is -2.19. The van der Waals surface area contributed by atoms with Crippen LogP contribution < -0.4 is 4.74 Å². The van der Waals surface area contributed by atoms with Gasteiger partial charge in [-0.3, -0.25) is 0 Å². The number of benzene rings is 2. The summed E-state index contributed by atoms with van der Waals surface area (Å²) in [5.74, 6) is 0.173. The Morgan fingerprint density at radius 2 is 2.05 bits per heavy atom. The van der Waals surface area contributed by atoms with Crippen LogP contribution in [0.1, 0.15) is 35.3 Å². The average Bonchev–Trinajstić information content (AvgIpc) is 2.42. The first-order chi connectivity index (χ1) is 9.54. The third-order valence-corrected chi connectivity index (χ3v) is 3.85. The summed E-state index contributed by atoms with van der Waals surface area (Å²) in [6.07, 6.45) is -0.577. The molecule has 1 N–H and O–H groups in total. The Hall–Kier alpha value is -1.58. The van der Waals surface area contributed by atoms with Crippen LogP contribution >= 0.6 is 11.6 Å². The van der Waals surface area contributed by atoms with E-state index >= 15 is 0 Å². The third kappa shape index (κ3) is 2.39. The van der Waals surface area contributed by atoms with Gasteiger partial charge < -0.3 is 9.84 Å². The molecular weight excluding hydrogens is 279 g/mol. The van der Waals surface area contributed by atoms with Crippen LogP contribution in [0.5, 0.6) is 5.75 Å². The minimum Gasteiger partial charge on any atom is -0.485 e. The zero-order valence-corrected chi connectivity index (χ0v) is 11.7. The van der Waals surface area contributed by atoms with Gasteiger partial charge in [0.25, 0.3) is 0 Å². The molecule has 0 saturated carbocycles. The van der Waals surface area contributed by atoms with Crippen molar-refractivity contribution < 1.29 is 14.2 Å². The van der Waals surface area contributed by atoms with Crippen molar-refractivity contribution in [2.45, 2.75) is 25.6 Å². The number of hydrogen-bond donors (Lipinski definition) is 1. The zero-order chi connectivity index (χ0) is 14.3. The van der Waals surface area contributed by atoms with Gasteiger partial charge >= 0.3 is 0 Å². The molecule has 2 nitrogen and oxygen atoms in total. The minimum absolute atomic E-state index is 0.0844. The summed E-state index contributed by atoms with van der Waals surface area (Å²) in [5.41, 5.74) is 2.54. The SMILES string of the molecule is Cc1ccc2c(c1)C(O)CC(c1ccc(Cl)c(F)c1)O2. The van der Waals surface area contributed by atoms with E-state index in [1.807, 2.05) is 25.1 Å². The van der Waals surface area contributed by atoms with Crippen molar-refractivity contribution in [2.75, 3.05) is 0 Å². The molecule has 1 heterocycles. The summed E-state index contributed by atoms with van der Waals surface area (Å²) >= 11 is 5.68. The van der Waals surface area contributed by atoms with E-state index in [-0.39, 0.29) is 11.1 Å². The Labute approximate surface area is 121 Å². The maximum absolute atomic E-state index is 13.5. The average molecular weight is 293 g/mol. The van der Waals surface area contributed by atoms with Crippen molar-refractivity contribution in [2.24, 2.45) is 0 Å². The number of hydrogen-bond acceptors (Lipinski definition) is 2. The topological polar surface area (TPSA) is 29.5 Å². The molecule has 3 rings (SSSR count). The smallest absolute Gasteiger partial charge is 0.142 e. The second-order valence-electron chi connectivity index (χ2n) is 5.07. The highest BCUT2D eigenvalue weighted by Gasteiger charge is 2.28. The summed E-state index contributed by atoms with van der Waals surface area (Å²) in [5, 5.41) is 10.3. The van der Waals surface area contributed by atoms with Crippen LogP contribution in [0.4, 0.5) is 4.39 Å². The van der Waals surface area contributed by atoms with Crippen LogP contribution in [0, 0.1) is 12.7 Å². The molecule has 4 heteroatoms.